The molecule has 0 aliphatic rings. The third-order valence-corrected chi connectivity index (χ3v) is 5.45. The van der Waals surface area contributed by atoms with Gasteiger partial charge in [0.25, 0.3) is 0 Å². The number of hydrogen-bond acceptors (Lipinski definition) is 3. The maximum absolute atomic E-state index is 12.4. The lowest BCUT2D eigenvalue weighted by molar-refractivity contribution is 0.102. The predicted octanol–water partition coefficient (Wildman–Crippen LogP) is 3.96. The average Bonchev–Trinajstić information content (AvgIpc) is 2.37. The standard InChI is InChI=1S/C15H12Cl2O3S/c1-10-4-2-5-11(8-10)14(18)9-21(19,20)15-12(16)6-3-7-13(15)17/h2-8H,9H2,1H3. The number of halogens is 2. The number of carbonyl (C=O) groups excluding carboxylic acids is 1. The molecule has 2 rings (SSSR count). The van der Waals surface area contributed by atoms with E-state index < -0.39 is 21.4 Å². The Morgan fingerprint density at radius 2 is 1.62 bits per heavy atom. The van der Waals surface area contributed by atoms with Crippen molar-refractivity contribution < 1.29 is 13.2 Å². The van der Waals surface area contributed by atoms with Crippen molar-refractivity contribution in [3.8, 4) is 0 Å². The monoisotopic (exact) mass is 342 g/mol. The molecule has 0 fully saturated rings. The summed E-state index contributed by atoms with van der Waals surface area (Å²) in [5.74, 6) is -1.16. The summed E-state index contributed by atoms with van der Waals surface area (Å²) in [6.07, 6.45) is 0. The van der Waals surface area contributed by atoms with Crippen molar-refractivity contribution in [2.45, 2.75) is 11.8 Å². The van der Waals surface area contributed by atoms with Crippen LogP contribution in [0.3, 0.4) is 0 Å². The van der Waals surface area contributed by atoms with Crippen LogP contribution in [0.1, 0.15) is 15.9 Å². The molecule has 0 atom stereocenters. The lowest BCUT2D eigenvalue weighted by Crippen LogP contribution is -2.17. The van der Waals surface area contributed by atoms with Crippen molar-refractivity contribution in [3.05, 3.63) is 63.6 Å². The molecule has 3 nitrogen and oxygen atoms in total. The maximum Gasteiger partial charge on any atom is 0.188 e. The molecule has 110 valence electrons. The molecule has 0 saturated carbocycles. The van der Waals surface area contributed by atoms with Crippen molar-refractivity contribution in [1.82, 2.24) is 0 Å². The lowest BCUT2D eigenvalue weighted by Gasteiger charge is -2.08. The SMILES string of the molecule is Cc1cccc(C(=O)CS(=O)(=O)c2c(Cl)cccc2Cl)c1. The number of hydrogen-bond donors (Lipinski definition) is 0. The number of carbonyl (C=O) groups is 1. The zero-order valence-corrected chi connectivity index (χ0v) is 13.5. The van der Waals surface area contributed by atoms with Gasteiger partial charge in [0.1, 0.15) is 10.6 Å². The van der Waals surface area contributed by atoms with E-state index in [0.29, 0.717) is 5.56 Å². The fourth-order valence-electron chi connectivity index (χ4n) is 1.93. The molecule has 2 aromatic rings. The van der Waals surface area contributed by atoms with Gasteiger partial charge in [-0.2, -0.15) is 0 Å². The van der Waals surface area contributed by atoms with Gasteiger partial charge in [-0.3, -0.25) is 4.79 Å². The Labute approximate surface area is 133 Å². The molecule has 2 aromatic carbocycles. The normalized spacial score (nSPS) is 11.4. The third-order valence-electron chi connectivity index (χ3n) is 2.89. The highest BCUT2D eigenvalue weighted by molar-refractivity contribution is 7.92. The van der Waals surface area contributed by atoms with Crippen LogP contribution in [0.15, 0.2) is 47.4 Å². The van der Waals surface area contributed by atoms with Gasteiger partial charge in [-0.25, -0.2) is 8.42 Å². The van der Waals surface area contributed by atoms with E-state index in [0.717, 1.165) is 5.56 Å². The summed E-state index contributed by atoms with van der Waals surface area (Å²) >= 11 is 11.8. The Morgan fingerprint density at radius 1 is 1.05 bits per heavy atom. The number of aryl methyl sites for hydroxylation is 1. The van der Waals surface area contributed by atoms with Gasteiger partial charge in [-0.05, 0) is 25.1 Å². The molecule has 0 aliphatic carbocycles. The highest BCUT2D eigenvalue weighted by atomic mass is 35.5. The van der Waals surface area contributed by atoms with Gasteiger partial charge >= 0.3 is 0 Å². The zero-order chi connectivity index (χ0) is 15.6. The van der Waals surface area contributed by atoms with Gasteiger partial charge in [0.15, 0.2) is 15.6 Å². The van der Waals surface area contributed by atoms with Crippen LogP contribution < -0.4 is 0 Å². The second-order valence-corrected chi connectivity index (χ2v) is 7.34. The number of benzene rings is 2. The quantitative estimate of drug-likeness (QED) is 0.790. The van der Waals surface area contributed by atoms with E-state index in [1.807, 2.05) is 13.0 Å². The molecule has 0 unspecified atom stereocenters. The van der Waals surface area contributed by atoms with E-state index in [1.165, 1.54) is 12.1 Å². The second kappa shape index (κ2) is 6.18. The Hall–Kier alpha value is -1.36. The minimum Gasteiger partial charge on any atom is -0.293 e. The molecule has 0 aromatic heterocycles. The van der Waals surface area contributed by atoms with Gasteiger partial charge in [0, 0.05) is 5.56 Å². The van der Waals surface area contributed by atoms with Gasteiger partial charge in [-0.15, -0.1) is 0 Å². The van der Waals surface area contributed by atoms with Crippen molar-refractivity contribution >= 4 is 38.8 Å². The first kappa shape index (κ1) is 16.0. The molecular weight excluding hydrogens is 331 g/mol. The fourth-order valence-corrected chi connectivity index (χ4v) is 4.42. The minimum atomic E-state index is -3.90. The summed E-state index contributed by atoms with van der Waals surface area (Å²) in [6.45, 7) is 1.83. The summed E-state index contributed by atoms with van der Waals surface area (Å²) in [4.78, 5) is 11.9. The molecule has 0 N–H and O–H groups in total. The van der Waals surface area contributed by atoms with Crippen LogP contribution in [0.5, 0.6) is 0 Å². The van der Waals surface area contributed by atoms with E-state index in [4.69, 9.17) is 23.2 Å². The Kier molecular flexibility index (Phi) is 4.71. The summed E-state index contributed by atoms with van der Waals surface area (Å²) in [5, 5.41) is 0.0269. The van der Waals surface area contributed by atoms with E-state index in [1.54, 1.807) is 24.3 Å². The topological polar surface area (TPSA) is 51.2 Å². The molecule has 0 heterocycles. The van der Waals surface area contributed by atoms with Crippen molar-refractivity contribution in [2.75, 3.05) is 5.75 Å². The van der Waals surface area contributed by atoms with Crippen LogP contribution in [0.2, 0.25) is 10.0 Å². The number of sulfone groups is 1. The van der Waals surface area contributed by atoms with E-state index >= 15 is 0 Å². The smallest absolute Gasteiger partial charge is 0.188 e. The van der Waals surface area contributed by atoms with Crippen molar-refractivity contribution in [3.63, 3.8) is 0 Å². The van der Waals surface area contributed by atoms with Crippen molar-refractivity contribution in [2.24, 2.45) is 0 Å². The van der Waals surface area contributed by atoms with Gasteiger partial charge in [0.05, 0.1) is 10.0 Å². The maximum atomic E-state index is 12.4. The lowest BCUT2D eigenvalue weighted by atomic mass is 10.1. The summed E-state index contributed by atoms with van der Waals surface area (Å²) < 4.78 is 24.7. The Bertz CT molecular complexity index is 778. The third kappa shape index (κ3) is 3.64. The fraction of sp³-hybridized carbons (Fsp3) is 0.133. The number of Topliss-reactive ketones (excluding diaryl/α,β-unsaturated/α-hetero) is 1. The summed E-state index contributed by atoms with van der Waals surface area (Å²) in [5.41, 5.74) is 1.23. The van der Waals surface area contributed by atoms with Gasteiger partial charge < -0.3 is 0 Å². The molecule has 0 spiro atoms. The first-order valence-corrected chi connectivity index (χ1v) is 8.49. The highest BCUT2D eigenvalue weighted by Crippen LogP contribution is 2.30. The number of rotatable bonds is 4. The predicted molar refractivity (Wildman–Crippen MR) is 84.0 cm³/mol. The molecule has 21 heavy (non-hydrogen) atoms. The molecule has 0 aliphatic heterocycles. The van der Waals surface area contributed by atoms with Crippen LogP contribution in [0.25, 0.3) is 0 Å². The molecular formula is C15H12Cl2O3S. The molecule has 0 amide bonds. The van der Waals surface area contributed by atoms with Crippen molar-refractivity contribution in [1.29, 1.82) is 0 Å². The first-order valence-electron chi connectivity index (χ1n) is 6.08. The van der Waals surface area contributed by atoms with E-state index in [9.17, 15) is 13.2 Å². The first-order chi connectivity index (χ1) is 9.81. The number of ketones is 1. The van der Waals surface area contributed by atoms with Crippen LogP contribution in [-0.4, -0.2) is 20.0 Å². The molecule has 6 heteroatoms. The Morgan fingerprint density at radius 3 is 2.19 bits per heavy atom. The Balaban J connectivity index is 2.36. The van der Waals surface area contributed by atoms with E-state index in [2.05, 4.69) is 0 Å². The van der Waals surface area contributed by atoms with E-state index in [-0.39, 0.29) is 14.9 Å². The molecule has 0 saturated heterocycles. The minimum absolute atomic E-state index is 0.0135. The zero-order valence-electron chi connectivity index (χ0n) is 11.1. The average molecular weight is 343 g/mol. The van der Waals surface area contributed by atoms with Gasteiger partial charge in [-0.1, -0.05) is 53.0 Å². The molecule has 0 radical (unpaired) electrons. The second-order valence-electron chi connectivity index (χ2n) is 4.60. The summed E-state index contributed by atoms with van der Waals surface area (Å²) in [7, 11) is -3.90. The largest absolute Gasteiger partial charge is 0.293 e. The van der Waals surface area contributed by atoms with Crippen LogP contribution in [-0.2, 0) is 9.84 Å². The van der Waals surface area contributed by atoms with Crippen LogP contribution in [0, 0.1) is 6.92 Å². The summed E-state index contributed by atoms with van der Waals surface area (Å²) in [6, 6.07) is 11.2. The van der Waals surface area contributed by atoms with Crippen LogP contribution in [0.4, 0.5) is 0 Å². The molecule has 0 bridgehead atoms. The van der Waals surface area contributed by atoms with Gasteiger partial charge in [0.2, 0.25) is 0 Å². The van der Waals surface area contributed by atoms with Crippen LogP contribution >= 0.6 is 23.2 Å². The highest BCUT2D eigenvalue weighted by Gasteiger charge is 2.25.